The zero-order valence-electron chi connectivity index (χ0n) is 79.3. The highest BCUT2D eigenvalue weighted by Crippen LogP contribution is 2.53. The lowest BCUT2D eigenvalue weighted by molar-refractivity contribution is -0.158. The molecule has 726 valence electrons. The molecule has 9 heterocycles. The number of allylic oxidation sites excluding steroid dienone is 1. The third-order valence-corrected chi connectivity index (χ3v) is 27.5. The number of esters is 1. The summed E-state index contributed by atoms with van der Waals surface area (Å²) in [4.78, 5) is 47.2. The number of ether oxygens (including phenoxy) is 6. The topological polar surface area (TPSA) is 291 Å². The second-order valence-corrected chi connectivity index (χ2v) is 42.8. The molecule has 4 fully saturated rings. The highest BCUT2D eigenvalue weighted by molar-refractivity contribution is 14.1. The van der Waals surface area contributed by atoms with Crippen LogP contribution >= 0.6 is 22.6 Å². The summed E-state index contributed by atoms with van der Waals surface area (Å²) in [5.41, 5.74) is 15.8. The van der Waals surface area contributed by atoms with E-state index >= 15 is 0 Å². The van der Waals surface area contributed by atoms with Gasteiger partial charge in [-0.05, 0) is 300 Å². The third-order valence-electron chi connectivity index (χ3n) is 26.0. The molecular weight excluding hydrogens is 1900 g/mol. The fraction of sp³-hybridized carbons (Fsp3) is 0.375. The Morgan fingerprint density at radius 2 is 0.854 bits per heavy atom. The van der Waals surface area contributed by atoms with Gasteiger partial charge in [0.1, 0.15) is 35.5 Å². The minimum absolute atomic E-state index is 0.0844. The fourth-order valence-electron chi connectivity index (χ4n) is 17.9. The number of fused-ring (bicyclic) bond motifs is 5. The van der Waals surface area contributed by atoms with Gasteiger partial charge in [0.25, 0.3) is 5.95 Å². The van der Waals surface area contributed by atoms with Crippen LogP contribution in [0.1, 0.15) is 135 Å². The minimum atomic E-state index is -4.54. The van der Waals surface area contributed by atoms with E-state index in [1.54, 1.807) is 94.5 Å². The number of hydrogen-bond acceptors (Lipinski definition) is 17. The summed E-state index contributed by atoms with van der Waals surface area (Å²) in [6.07, 6.45) is 8.43. The molecule has 0 saturated carbocycles. The Labute approximate surface area is 806 Å². The normalized spacial score (nSPS) is 15.3. The van der Waals surface area contributed by atoms with E-state index in [9.17, 15) is 49.9 Å². The molecule has 2 amide bonds. The maximum Gasteiger partial charge on any atom is 0.397 e. The Morgan fingerprint density at radius 3 is 1.19 bits per heavy atom. The standard InChI is InChI=1S/C25H27F4N3O2.C23H25FN2O3.C22H24FN3O2.C13H8FIN2.C8H8N2O.C8H18O2Si.C5H8O2/c1-23(2,16-30-22(33)14-25(27,28)29)24(9-11-34-12-10-24)18-3-8-21-17(13-18)15-31-32(21)20-6-4-19(26)5-7-20;1-22(2,21(27)28-3)23(10-12-29-13-11-23)17-4-9-20-16(14-17)15-25-26(20)19-7-5-18(24)6-8-19;1-21(2,20(24)27)22(9-11-28-12-10-22)16-3-8-19-15(13-16)14-25-26(19)18-6-4-17(23)5-7-18;14-10-1-4-12(5-2-10)17-13-6-3-11(15)7-9(13)8-16-17;11-5-6-1-2-8-7(3-6)4-9-10-8;1-7(2)8(9-3)10-11(4,5)6;6-5-1-3-7-4-2-5/h3-8,13,15H,9-12,14,16H2,1-2H3,(H,30,33);4-9,14-15H,10-13H2,1-3H3;3-8,13-14H,9-12H2,1-2H3,(H2,24,27);1-8H;1-4,11H,5H2,(H,9,10);1-6H3;1-4H2. The number of primary amides is 1. The van der Waals surface area contributed by atoms with Crippen molar-refractivity contribution in [3.63, 3.8) is 0 Å². The zero-order valence-corrected chi connectivity index (χ0v) is 82.4. The number of Topliss-reactive ketones (excluding diaryl/α,β-unsaturated/α-hetero) is 1. The number of nitrogens with two attached hydrogens (primary N) is 1. The van der Waals surface area contributed by atoms with E-state index in [0.717, 1.165) is 131 Å². The van der Waals surface area contributed by atoms with Crippen molar-refractivity contribution < 1.29 is 87.9 Å². The van der Waals surface area contributed by atoms with Gasteiger partial charge in [-0.15, -0.1) is 0 Å². The van der Waals surface area contributed by atoms with Crippen LogP contribution in [-0.2, 0) is 74.9 Å². The first-order valence-electron chi connectivity index (χ1n) is 45.2. The monoisotopic (exact) mass is 2010 g/mol. The summed E-state index contributed by atoms with van der Waals surface area (Å²) in [7, 11) is 1.59. The van der Waals surface area contributed by atoms with Gasteiger partial charge in [0.15, 0.2) is 0 Å². The Bertz CT molecular complexity index is 6480. The van der Waals surface area contributed by atoms with Crippen LogP contribution in [0.15, 0.2) is 231 Å². The molecule has 0 unspecified atom stereocenters. The van der Waals surface area contributed by atoms with Gasteiger partial charge >= 0.3 is 12.1 Å². The molecule has 5 N–H and O–H groups in total. The summed E-state index contributed by atoms with van der Waals surface area (Å²) in [5, 5.41) is 40.7. The number of carbonyl (C=O) groups excluding carboxylic acids is 4. The van der Waals surface area contributed by atoms with Crippen molar-refractivity contribution in [2.45, 2.75) is 162 Å². The van der Waals surface area contributed by atoms with Gasteiger partial charge in [0.05, 0.1) is 126 Å². The Balaban J connectivity index is 0.000000151. The number of methoxy groups -OCH3 is 2. The minimum Gasteiger partial charge on any atom is -0.520 e. The number of rotatable bonds is 19. The summed E-state index contributed by atoms with van der Waals surface area (Å²) >= 11 is 2.27. The van der Waals surface area contributed by atoms with E-state index in [0.29, 0.717) is 90.3 Å². The van der Waals surface area contributed by atoms with Crippen LogP contribution in [0.2, 0.25) is 19.6 Å². The molecule has 0 aliphatic carbocycles. The molecule has 33 heteroatoms. The maximum atomic E-state index is 13.3. The first-order chi connectivity index (χ1) is 65.1. The molecule has 24 nitrogen and oxygen atoms in total. The number of amides is 2. The molecule has 0 radical (unpaired) electrons. The number of ketones is 1. The van der Waals surface area contributed by atoms with Gasteiger partial charge in [0.2, 0.25) is 20.1 Å². The van der Waals surface area contributed by atoms with Crippen molar-refractivity contribution in [1.82, 2.24) is 54.6 Å². The number of H-pyrrole nitrogens is 1. The van der Waals surface area contributed by atoms with Gasteiger partial charge < -0.3 is 49.0 Å². The van der Waals surface area contributed by atoms with E-state index in [1.165, 1.54) is 59.2 Å². The van der Waals surface area contributed by atoms with E-state index in [4.69, 9.17) is 43.7 Å². The largest absolute Gasteiger partial charge is 0.520 e. The number of aliphatic hydroxyl groups excluding tert-OH is 1. The van der Waals surface area contributed by atoms with Gasteiger partial charge in [-0.3, -0.25) is 24.3 Å². The first-order valence-corrected chi connectivity index (χ1v) is 49.7. The van der Waals surface area contributed by atoms with E-state index in [2.05, 4.69) is 108 Å². The van der Waals surface area contributed by atoms with Crippen LogP contribution in [-0.4, -0.2) is 166 Å². The van der Waals surface area contributed by atoms with Crippen LogP contribution in [0.4, 0.5) is 30.7 Å². The summed E-state index contributed by atoms with van der Waals surface area (Å²) in [6, 6.07) is 55.1. The number of aliphatic hydroxyl groups is 1. The van der Waals surface area contributed by atoms with Gasteiger partial charge in [-0.1, -0.05) is 52.0 Å². The lowest BCUT2D eigenvalue weighted by atomic mass is 9.57. The molecule has 18 rings (SSSR count). The molecule has 0 atom stereocenters. The number of halogens is 8. The molecule has 9 aromatic carbocycles. The Kier molecular flexibility index (Phi) is 34.2. The fourth-order valence-corrected chi connectivity index (χ4v) is 19.3. The number of benzene rings is 9. The predicted molar refractivity (Wildman–Crippen MR) is 525 cm³/mol. The molecule has 0 spiro atoms. The van der Waals surface area contributed by atoms with Crippen molar-refractivity contribution in [2.75, 3.05) is 73.6 Å². The zero-order chi connectivity index (χ0) is 98.8. The van der Waals surface area contributed by atoms with Crippen molar-refractivity contribution in [1.29, 1.82) is 0 Å². The van der Waals surface area contributed by atoms with Crippen LogP contribution < -0.4 is 11.1 Å². The lowest BCUT2D eigenvalue weighted by Gasteiger charge is -2.50. The molecule has 4 aliphatic heterocycles. The molecular formula is C104H118F7IN12O12Si. The Morgan fingerprint density at radius 1 is 0.489 bits per heavy atom. The average molecular weight is 2020 g/mol. The highest BCUT2D eigenvalue weighted by Gasteiger charge is 2.54. The van der Waals surface area contributed by atoms with Crippen molar-refractivity contribution >= 4 is 109 Å². The number of aromatic amines is 1. The van der Waals surface area contributed by atoms with Gasteiger partial charge in [-0.25, -0.2) is 36.3 Å². The van der Waals surface area contributed by atoms with E-state index < -0.39 is 48.5 Å². The average Bonchev–Trinajstić information content (AvgIpc) is 1.54. The van der Waals surface area contributed by atoms with Crippen LogP contribution in [0.3, 0.4) is 0 Å². The maximum absolute atomic E-state index is 13.3. The van der Waals surface area contributed by atoms with Crippen molar-refractivity contribution in [3.8, 4) is 22.7 Å². The Hall–Kier alpha value is -12.0. The second kappa shape index (κ2) is 45.1. The number of carbonyl (C=O) groups is 4. The first kappa shape index (κ1) is 104. The number of alkyl halides is 3. The number of hydrogen-bond donors (Lipinski definition) is 4. The third kappa shape index (κ3) is 24.9. The SMILES string of the molecule is CC(C)(C(N)=O)C1(c2ccc3c(cnn3-c3ccc(F)cc3)c2)CCOCC1.CC(C)(CNC(=O)CC(F)(F)F)C1(c2ccc3c(cnn3-c3ccc(F)cc3)c2)CCOCC1.COC(=O)C(C)(C)C1(c2ccc3c(cnn3-c3ccc(F)cc3)c2)CCOCC1.COC(O[Si](C)(C)C)=C(C)C.Fc1ccc(-n2ncc3cc(I)ccc32)cc1.O=C1CCOCC1.OCc1ccc2[nH]ncc2c1. The molecule has 14 aromatic rings. The van der Waals surface area contributed by atoms with E-state index in [-0.39, 0.29) is 59.1 Å². The molecule has 4 aliphatic rings. The van der Waals surface area contributed by atoms with E-state index in [1.807, 2.05) is 127 Å². The van der Waals surface area contributed by atoms with Crippen LogP contribution in [0.25, 0.3) is 77.3 Å². The quantitative estimate of drug-likeness (QED) is 0.0192. The van der Waals surface area contributed by atoms with Crippen LogP contribution in [0, 0.1) is 43.1 Å². The van der Waals surface area contributed by atoms with Crippen molar-refractivity contribution in [2.24, 2.45) is 22.0 Å². The highest BCUT2D eigenvalue weighted by atomic mass is 127. The van der Waals surface area contributed by atoms with Gasteiger partial charge in [-0.2, -0.15) is 38.7 Å². The molecule has 0 bridgehead atoms. The predicted octanol–water partition coefficient (Wildman–Crippen LogP) is 21.4. The molecule has 137 heavy (non-hydrogen) atoms. The lowest BCUT2D eigenvalue weighted by Crippen LogP contribution is -2.52. The number of nitrogens with one attached hydrogen (secondary N) is 2. The van der Waals surface area contributed by atoms with Crippen LogP contribution in [0.5, 0.6) is 0 Å². The molecule has 5 aromatic heterocycles. The summed E-state index contributed by atoms with van der Waals surface area (Å²) in [6.45, 7) is 27.0. The summed E-state index contributed by atoms with van der Waals surface area (Å²) in [5.74, 6) is -1.66. The number of aromatic nitrogens is 10. The van der Waals surface area contributed by atoms with Crippen molar-refractivity contribution in [3.05, 3.63) is 280 Å². The molecule has 4 saturated heterocycles. The number of nitrogens with zero attached hydrogens (tertiary/aromatic N) is 9. The van der Waals surface area contributed by atoms with Gasteiger partial charge in [0, 0.05) is 111 Å². The second-order valence-electron chi connectivity index (χ2n) is 37.1. The smallest absolute Gasteiger partial charge is 0.397 e. The summed E-state index contributed by atoms with van der Waals surface area (Å²) < 4.78 is 136.